The summed E-state index contributed by atoms with van der Waals surface area (Å²) in [7, 11) is 0. The van der Waals surface area contributed by atoms with Crippen LogP contribution < -0.4 is 4.90 Å². The topological polar surface area (TPSA) is 75.6 Å². The first-order valence-corrected chi connectivity index (χ1v) is 6.51. The van der Waals surface area contributed by atoms with Crippen molar-refractivity contribution in [2.45, 2.75) is 18.9 Å². The number of nitrogens with zero attached hydrogens (tertiary/aromatic N) is 3. The summed E-state index contributed by atoms with van der Waals surface area (Å²) in [6.45, 7) is 2.47. The molecule has 1 saturated heterocycles. The van der Waals surface area contributed by atoms with Gasteiger partial charge in [-0.2, -0.15) is 0 Å². The first-order chi connectivity index (χ1) is 9.24. The second-order valence-electron chi connectivity index (χ2n) is 5.41. The van der Waals surface area contributed by atoms with E-state index in [9.17, 15) is 4.79 Å². The molecule has 1 aliphatic heterocycles. The van der Waals surface area contributed by atoms with Gasteiger partial charge in [0.05, 0.1) is 19.3 Å². The minimum atomic E-state index is 0.0916. The van der Waals surface area contributed by atoms with Crippen LogP contribution in [0, 0.1) is 5.41 Å². The van der Waals surface area contributed by atoms with Gasteiger partial charge in [0.15, 0.2) is 12.1 Å². The van der Waals surface area contributed by atoms with Gasteiger partial charge in [0.1, 0.15) is 5.69 Å². The zero-order valence-corrected chi connectivity index (χ0v) is 10.7. The van der Waals surface area contributed by atoms with Gasteiger partial charge in [-0.15, -0.1) is 10.2 Å². The lowest BCUT2D eigenvalue weighted by Crippen LogP contribution is -2.64. The first-order valence-electron chi connectivity index (χ1n) is 6.51. The first kappa shape index (κ1) is 12.5. The van der Waals surface area contributed by atoms with Crippen molar-refractivity contribution >= 4 is 12.1 Å². The van der Waals surface area contributed by atoms with Crippen molar-refractivity contribution in [3.8, 4) is 0 Å². The number of hydrogen-bond acceptors (Lipinski definition) is 6. The van der Waals surface area contributed by atoms with E-state index in [2.05, 4.69) is 15.1 Å². The number of carbonyl (C=O) groups excluding carboxylic acids is 1. The second-order valence-corrected chi connectivity index (χ2v) is 5.41. The van der Waals surface area contributed by atoms with Crippen LogP contribution in [0.25, 0.3) is 0 Å². The summed E-state index contributed by atoms with van der Waals surface area (Å²) in [5, 5.41) is 16.6. The number of ether oxygens (including phenoxy) is 1. The number of aromatic nitrogens is 2. The zero-order chi connectivity index (χ0) is 13.3. The predicted octanol–water partition coefficient (Wildman–Crippen LogP) is 0.267. The molecule has 1 aliphatic carbocycles. The summed E-state index contributed by atoms with van der Waals surface area (Å²) < 4.78 is 5.49. The molecule has 19 heavy (non-hydrogen) atoms. The summed E-state index contributed by atoms with van der Waals surface area (Å²) in [6.07, 6.45) is 3.12. The number of carbonyl (C=O) groups is 1. The van der Waals surface area contributed by atoms with Gasteiger partial charge in [0, 0.05) is 18.5 Å². The Bertz CT molecular complexity index is 449. The quantitative estimate of drug-likeness (QED) is 0.768. The van der Waals surface area contributed by atoms with E-state index in [-0.39, 0.29) is 6.61 Å². The summed E-state index contributed by atoms with van der Waals surface area (Å²) in [5.74, 6) is 0.830. The monoisotopic (exact) mass is 263 g/mol. The summed E-state index contributed by atoms with van der Waals surface area (Å²) in [4.78, 5) is 12.7. The molecule has 0 amide bonds. The van der Waals surface area contributed by atoms with E-state index in [1.54, 1.807) is 6.07 Å². The molecule has 0 bridgehead atoms. The van der Waals surface area contributed by atoms with Gasteiger partial charge in [0.25, 0.3) is 0 Å². The highest BCUT2D eigenvalue weighted by Crippen LogP contribution is 2.50. The van der Waals surface area contributed by atoms with E-state index in [0.29, 0.717) is 30.1 Å². The maximum Gasteiger partial charge on any atom is 0.170 e. The fourth-order valence-corrected chi connectivity index (χ4v) is 2.99. The third-order valence-corrected chi connectivity index (χ3v) is 3.93. The van der Waals surface area contributed by atoms with Gasteiger partial charge >= 0.3 is 0 Å². The Labute approximate surface area is 111 Å². The van der Waals surface area contributed by atoms with Crippen molar-refractivity contribution in [3.05, 3.63) is 17.8 Å². The van der Waals surface area contributed by atoms with Crippen molar-refractivity contribution in [1.82, 2.24) is 10.2 Å². The molecular formula is C13H17N3O3. The molecule has 0 radical (unpaired) electrons. The van der Waals surface area contributed by atoms with E-state index in [1.165, 1.54) is 0 Å². The maximum absolute atomic E-state index is 10.5. The smallest absolute Gasteiger partial charge is 0.170 e. The maximum atomic E-state index is 10.5. The van der Waals surface area contributed by atoms with Crippen LogP contribution in [0.15, 0.2) is 12.1 Å². The molecule has 1 aromatic rings. The Morgan fingerprint density at radius 3 is 2.79 bits per heavy atom. The summed E-state index contributed by atoms with van der Waals surface area (Å²) in [6, 6.07) is 3.52. The van der Waals surface area contributed by atoms with Crippen LogP contribution in [0.2, 0.25) is 0 Å². The molecule has 0 unspecified atom stereocenters. The number of aldehydes is 1. The Hall–Kier alpha value is -1.53. The molecule has 1 aromatic heterocycles. The third-order valence-electron chi connectivity index (χ3n) is 3.93. The van der Waals surface area contributed by atoms with Crippen molar-refractivity contribution in [2.24, 2.45) is 5.41 Å². The van der Waals surface area contributed by atoms with Crippen LogP contribution in [-0.2, 0) is 4.74 Å². The normalized spacial score (nSPS) is 21.0. The van der Waals surface area contributed by atoms with Gasteiger partial charge in [-0.05, 0) is 25.0 Å². The molecule has 0 aromatic carbocycles. The van der Waals surface area contributed by atoms with Gasteiger partial charge in [-0.25, -0.2) is 0 Å². The molecular weight excluding hydrogens is 246 g/mol. The highest BCUT2D eigenvalue weighted by Gasteiger charge is 2.53. The molecule has 2 heterocycles. The van der Waals surface area contributed by atoms with Crippen molar-refractivity contribution in [1.29, 1.82) is 0 Å². The van der Waals surface area contributed by atoms with Gasteiger partial charge < -0.3 is 14.7 Å². The Morgan fingerprint density at radius 1 is 1.42 bits per heavy atom. The Kier molecular flexibility index (Phi) is 3.20. The van der Waals surface area contributed by atoms with Gasteiger partial charge in [-0.1, -0.05) is 0 Å². The second kappa shape index (κ2) is 4.86. The van der Waals surface area contributed by atoms with E-state index >= 15 is 0 Å². The Morgan fingerprint density at radius 2 is 2.21 bits per heavy atom. The highest BCUT2D eigenvalue weighted by atomic mass is 16.5. The van der Waals surface area contributed by atoms with Crippen LogP contribution in [0.3, 0.4) is 0 Å². The van der Waals surface area contributed by atoms with Crippen molar-refractivity contribution in [2.75, 3.05) is 31.2 Å². The fraction of sp³-hybridized carbons (Fsp3) is 0.615. The molecule has 1 saturated carbocycles. The lowest BCUT2D eigenvalue weighted by Gasteiger charge is -2.59. The van der Waals surface area contributed by atoms with Crippen LogP contribution >= 0.6 is 0 Å². The standard InChI is InChI=1S/C13H17N3O3/c17-3-4-19-11-5-13(6-11)8-16(9-13)12-2-1-10(7-18)14-15-12/h1-2,7,11,17H,3-6,8-9H2. The Balaban J connectivity index is 1.49. The molecule has 0 atom stereocenters. The van der Waals surface area contributed by atoms with Crippen molar-refractivity contribution in [3.63, 3.8) is 0 Å². The minimum Gasteiger partial charge on any atom is -0.394 e. The van der Waals surface area contributed by atoms with Gasteiger partial charge in [-0.3, -0.25) is 4.79 Å². The summed E-state index contributed by atoms with van der Waals surface area (Å²) >= 11 is 0. The van der Waals surface area contributed by atoms with E-state index in [1.807, 2.05) is 6.07 Å². The van der Waals surface area contributed by atoms with Crippen LogP contribution in [0.5, 0.6) is 0 Å². The molecule has 2 aliphatic rings. The van der Waals surface area contributed by atoms with E-state index < -0.39 is 0 Å². The summed E-state index contributed by atoms with van der Waals surface area (Å²) in [5.41, 5.74) is 0.727. The molecule has 6 heteroatoms. The number of anilines is 1. The van der Waals surface area contributed by atoms with E-state index in [4.69, 9.17) is 9.84 Å². The van der Waals surface area contributed by atoms with Gasteiger partial charge in [0.2, 0.25) is 0 Å². The molecule has 1 spiro atoms. The van der Waals surface area contributed by atoms with Crippen LogP contribution in [-0.4, -0.2) is 54.0 Å². The predicted molar refractivity (Wildman–Crippen MR) is 68.1 cm³/mol. The van der Waals surface area contributed by atoms with Crippen LogP contribution in [0.1, 0.15) is 23.3 Å². The highest BCUT2D eigenvalue weighted by molar-refractivity contribution is 5.71. The van der Waals surface area contributed by atoms with Crippen LogP contribution in [0.4, 0.5) is 5.82 Å². The zero-order valence-electron chi connectivity index (χ0n) is 10.7. The molecule has 1 N–H and O–H groups in total. The van der Waals surface area contributed by atoms with E-state index in [0.717, 1.165) is 31.7 Å². The number of rotatable bonds is 5. The molecule has 3 rings (SSSR count). The average molecular weight is 263 g/mol. The number of aliphatic hydroxyl groups is 1. The molecule has 102 valence electrons. The SMILES string of the molecule is O=Cc1ccc(N2CC3(CC(OCCO)C3)C2)nn1. The minimum absolute atomic E-state index is 0.0916. The number of aliphatic hydroxyl groups excluding tert-OH is 1. The largest absolute Gasteiger partial charge is 0.394 e. The fourth-order valence-electron chi connectivity index (χ4n) is 2.99. The molecule has 2 fully saturated rings. The van der Waals surface area contributed by atoms with Crippen molar-refractivity contribution < 1.29 is 14.6 Å². The molecule has 6 nitrogen and oxygen atoms in total. The number of hydrogen-bond donors (Lipinski definition) is 1. The average Bonchev–Trinajstić information content (AvgIpc) is 2.36. The third kappa shape index (κ3) is 2.33. The lowest BCUT2D eigenvalue weighted by atomic mass is 9.62. The lowest BCUT2D eigenvalue weighted by molar-refractivity contribution is -0.0991.